The first-order chi connectivity index (χ1) is 6.41. The van der Waals surface area contributed by atoms with Crippen LogP contribution in [0.4, 0.5) is 0 Å². The second kappa shape index (κ2) is 4.19. The summed E-state index contributed by atoms with van der Waals surface area (Å²) >= 11 is 0. The van der Waals surface area contributed by atoms with Gasteiger partial charge in [0.1, 0.15) is 0 Å². The zero-order valence-electron chi connectivity index (χ0n) is 9.34. The fourth-order valence-corrected chi connectivity index (χ4v) is 3.67. The average molecular weight is 219 g/mol. The quantitative estimate of drug-likeness (QED) is 0.776. The van der Waals surface area contributed by atoms with Crippen LogP contribution in [0.25, 0.3) is 0 Å². The first-order valence-corrected chi connectivity index (χ1v) is 7.15. The minimum absolute atomic E-state index is 0.492. The van der Waals surface area contributed by atoms with Crippen molar-refractivity contribution in [2.75, 3.05) is 19.8 Å². The summed E-state index contributed by atoms with van der Waals surface area (Å²) < 4.78 is 23.0. The molecule has 0 aromatic carbocycles. The highest BCUT2D eigenvalue weighted by atomic mass is 32.2. The van der Waals surface area contributed by atoms with E-state index in [1.807, 2.05) is 7.05 Å². The van der Waals surface area contributed by atoms with E-state index in [4.69, 9.17) is 0 Å². The van der Waals surface area contributed by atoms with Crippen molar-refractivity contribution in [3.05, 3.63) is 0 Å². The van der Waals surface area contributed by atoms with Crippen LogP contribution in [0.3, 0.4) is 0 Å². The van der Waals surface area contributed by atoms with Gasteiger partial charge in [-0.1, -0.05) is 6.92 Å². The van der Waals surface area contributed by atoms with Crippen LogP contribution in [-0.2, 0) is 9.84 Å². The van der Waals surface area contributed by atoms with Gasteiger partial charge in [0.05, 0.1) is 4.75 Å². The van der Waals surface area contributed by atoms with E-state index >= 15 is 0 Å². The second-order valence-corrected chi connectivity index (χ2v) is 7.08. The lowest BCUT2D eigenvalue weighted by Gasteiger charge is -2.37. The molecule has 0 saturated heterocycles. The van der Waals surface area contributed by atoms with E-state index in [0.717, 1.165) is 25.7 Å². The van der Waals surface area contributed by atoms with E-state index in [0.29, 0.717) is 12.5 Å². The Labute approximate surface area is 87.2 Å². The summed E-state index contributed by atoms with van der Waals surface area (Å²) in [6, 6.07) is 0. The fraction of sp³-hybridized carbons (Fsp3) is 1.00. The SMILES string of the molecule is CNCC1(S(C)(=O)=O)CCC(C)CC1. The highest BCUT2D eigenvalue weighted by molar-refractivity contribution is 7.92. The lowest BCUT2D eigenvalue weighted by molar-refractivity contribution is 0.301. The van der Waals surface area contributed by atoms with Gasteiger partial charge in [-0.2, -0.15) is 0 Å². The van der Waals surface area contributed by atoms with Crippen molar-refractivity contribution in [1.82, 2.24) is 5.32 Å². The molecule has 0 amide bonds. The molecule has 4 heteroatoms. The van der Waals surface area contributed by atoms with Crippen LogP contribution in [0.15, 0.2) is 0 Å². The third-order valence-electron chi connectivity index (χ3n) is 3.47. The molecular formula is C10H21NO2S. The number of nitrogens with one attached hydrogen (secondary N) is 1. The van der Waals surface area contributed by atoms with Crippen molar-refractivity contribution in [3.63, 3.8) is 0 Å². The van der Waals surface area contributed by atoms with Crippen molar-refractivity contribution >= 4 is 9.84 Å². The predicted molar refractivity (Wildman–Crippen MR) is 59.1 cm³/mol. The third kappa shape index (κ3) is 2.28. The summed E-state index contributed by atoms with van der Waals surface area (Å²) in [6.45, 7) is 2.80. The van der Waals surface area contributed by atoms with Gasteiger partial charge >= 0.3 is 0 Å². The molecule has 14 heavy (non-hydrogen) atoms. The molecule has 0 unspecified atom stereocenters. The molecule has 1 aliphatic rings. The Morgan fingerprint density at radius 1 is 1.36 bits per heavy atom. The first kappa shape index (κ1) is 12.0. The highest BCUT2D eigenvalue weighted by Crippen LogP contribution is 2.36. The summed E-state index contributed by atoms with van der Waals surface area (Å²) in [4.78, 5) is 0. The topological polar surface area (TPSA) is 46.2 Å². The minimum Gasteiger partial charge on any atom is -0.318 e. The van der Waals surface area contributed by atoms with Crippen LogP contribution >= 0.6 is 0 Å². The molecule has 0 aliphatic heterocycles. The van der Waals surface area contributed by atoms with E-state index in [2.05, 4.69) is 12.2 Å². The Kier molecular flexibility index (Phi) is 3.58. The van der Waals surface area contributed by atoms with Gasteiger partial charge in [-0.3, -0.25) is 0 Å². The second-order valence-electron chi connectivity index (χ2n) is 4.67. The molecule has 0 heterocycles. The van der Waals surface area contributed by atoms with Crippen LogP contribution < -0.4 is 5.32 Å². The van der Waals surface area contributed by atoms with Crippen molar-refractivity contribution < 1.29 is 8.42 Å². The maximum absolute atomic E-state index is 11.8. The molecule has 0 atom stereocenters. The van der Waals surface area contributed by atoms with Gasteiger partial charge < -0.3 is 5.32 Å². The molecule has 1 saturated carbocycles. The maximum Gasteiger partial charge on any atom is 0.154 e. The number of sulfone groups is 1. The maximum atomic E-state index is 11.8. The molecular weight excluding hydrogens is 198 g/mol. The summed E-state index contributed by atoms with van der Waals surface area (Å²) in [7, 11) is -1.11. The fourth-order valence-electron chi connectivity index (χ4n) is 2.29. The Hall–Kier alpha value is -0.0900. The molecule has 0 aromatic heterocycles. The van der Waals surface area contributed by atoms with Crippen LogP contribution in [0.2, 0.25) is 0 Å². The molecule has 0 spiro atoms. The Morgan fingerprint density at radius 2 is 1.86 bits per heavy atom. The number of hydrogen-bond donors (Lipinski definition) is 1. The van der Waals surface area contributed by atoms with E-state index in [-0.39, 0.29) is 0 Å². The summed E-state index contributed by atoms with van der Waals surface area (Å²) in [6.07, 6.45) is 5.07. The van der Waals surface area contributed by atoms with E-state index < -0.39 is 14.6 Å². The third-order valence-corrected chi connectivity index (χ3v) is 5.60. The Morgan fingerprint density at radius 3 is 2.21 bits per heavy atom. The lowest BCUT2D eigenvalue weighted by atomic mass is 9.82. The van der Waals surface area contributed by atoms with Crippen molar-refractivity contribution in [2.24, 2.45) is 5.92 Å². The van der Waals surface area contributed by atoms with E-state index in [1.54, 1.807) is 0 Å². The molecule has 1 fully saturated rings. The standard InChI is InChI=1S/C10H21NO2S/c1-9-4-6-10(7-5-9,8-11-2)14(3,12)13/h9,11H,4-8H2,1-3H3. The van der Waals surface area contributed by atoms with Crippen LogP contribution in [0.5, 0.6) is 0 Å². The molecule has 1 N–H and O–H groups in total. The first-order valence-electron chi connectivity index (χ1n) is 5.25. The monoisotopic (exact) mass is 219 g/mol. The summed E-state index contributed by atoms with van der Waals surface area (Å²) in [5, 5.41) is 3.02. The zero-order chi connectivity index (χ0) is 10.8. The van der Waals surface area contributed by atoms with Gasteiger partial charge in [-0.25, -0.2) is 8.42 Å². The van der Waals surface area contributed by atoms with Gasteiger partial charge in [0.15, 0.2) is 9.84 Å². The van der Waals surface area contributed by atoms with E-state index in [1.165, 1.54) is 6.26 Å². The Balaban J connectivity index is 2.84. The van der Waals surface area contributed by atoms with Crippen molar-refractivity contribution in [1.29, 1.82) is 0 Å². The van der Waals surface area contributed by atoms with Crippen molar-refractivity contribution in [2.45, 2.75) is 37.4 Å². The zero-order valence-corrected chi connectivity index (χ0v) is 10.2. The van der Waals surface area contributed by atoms with Crippen molar-refractivity contribution in [3.8, 4) is 0 Å². The van der Waals surface area contributed by atoms with Crippen LogP contribution in [0, 0.1) is 5.92 Å². The van der Waals surface area contributed by atoms with Crippen LogP contribution in [0.1, 0.15) is 32.6 Å². The minimum atomic E-state index is -2.94. The number of hydrogen-bond acceptors (Lipinski definition) is 3. The highest BCUT2D eigenvalue weighted by Gasteiger charge is 2.42. The molecule has 0 aromatic rings. The average Bonchev–Trinajstić information content (AvgIpc) is 2.07. The molecule has 3 nitrogen and oxygen atoms in total. The van der Waals surface area contributed by atoms with Gasteiger partial charge in [0.2, 0.25) is 0 Å². The molecule has 0 radical (unpaired) electrons. The molecule has 1 aliphatic carbocycles. The van der Waals surface area contributed by atoms with Gasteiger partial charge in [0, 0.05) is 12.8 Å². The summed E-state index contributed by atoms with van der Waals surface area (Å²) in [5.74, 6) is 0.682. The van der Waals surface area contributed by atoms with Crippen LogP contribution in [-0.4, -0.2) is 33.0 Å². The van der Waals surface area contributed by atoms with Gasteiger partial charge in [-0.15, -0.1) is 0 Å². The molecule has 84 valence electrons. The van der Waals surface area contributed by atoms with E-state index in [9.17, 15) is 8.42 Å². The smallest absolute Gasteiger partial charge is 0.154 e. The molecule has 1 rings (SSSR count). The largest absolute Gasteiger partial charge is 0.318 e. The molecule has 0 bridgehead atoms. The Bertz CT molecular complexity index is 276. The lowest BCUT2D eigenvalue weighted by Crippen LogP contribution is -2.48. The summed E-state index contributed by atoms with van der Waals surface area (Å²) in [5.41, 5.74) is 0. The van der Waals surface area contributed by atoms with Gasteiger partial charge in [0.25, 0.3) is 0 Å². The van der Waals surface area contributed by atoms with Gasteiger partial charge in [-0.05, 0) is 38.6 Å². The predicted octanol–water partition coefficient (Wildman–Crippen LogP) is 1.20. The number of rotatable bonds is 3. The normalized spacial score (nSPS) is 34.4.